The summed E-state index contributed by atoms with van der Waals surface area (Å²) >= 11 is 1.59. The largest absolute Gasteiger partial charge is 0.344 e. The quantitative estimate of drug-likeness (QED) is 0.822. The lowest BCUT2D eigenvalue weighted by atomic mass is 9.97. The van der Waals surface area contributed by atoms with Gasteiger partial charge in [0, 0.05) is 11.8 Å². The molecule has 1 fully saturated rings. The number of benzene rings is 1. The van der Waals surface area contributed by atoms with Crippen LogP contribution in [-0.2, 0) is 9.59 Å². The SMILES string of the molecule is CSc1ccccc1NC(=O)[C@H](NC(C)=O)C1CCCC1. The molecule has 1 saturated carbocycles. The molecule has 0 aromatic heterocycles. The summed E-state index contributed by atoms with van der Waals surface area (Å²) in [6.45, 7) is 1.46. The zero-order valence-electron chi connectivity index (χ0n) is 12.5. The van der Waals surface area contributed by atoms with E-state index in [1.165, 1.54) is 6.92 Å². The monoisotopic (exact) mass is 306 g/mol. The van der Waals surface area contributed by atoms with Gasteiger partial charge < -0.3 is 10.6 Å². The Bertz CT molecular complexity index is 513. The lowest BCUT2D eigenvalue weighted by Gasteiger charge is -2.23. The van der Waals surface area contributed by atoms with Crippen LogP contribution in [0.4, 0.5) is 5.69 Å². The van der Waals surface area contributed by atoms with Gasteiger partial charge in [0.05, 0.1) is 5.69 Å². The number of anilines is 1. The first-order valence-corrected chi connectivity index (χ1v) is 8.55. The Kier molecular flexibility index (Phi) is 5.67. The Morgan fingerprint density at radius 1 is 1.24 bits per heavy atom. The number of rotatable bonds is 5. The van der Waals surface area contributed by atoms with E-state index in [9.17, 15) is 9.59 Å². The van der Waals surface area contributed by atoms with Gasteiger partial charge in [0.25, 0.3) is 0 Å². The van der Waals surface area contributed by atoms with Crippen LogP contribution in [0.1, 0.15) is 32.6 Å². The predicted octanol–water partition coefficient (Wildman–Crippen LogP) is 3.04. The average Bonchev–Trinajstić information content (AvgIpc) is 2.99. The van der Waals surface area contributed by atoms with Crippen LogP contribution >= 0.6 is 11.8 Å². The third-order valence-corrected chi connectivity index (χ3v) is 4.67. The molecule has 0 spiro atoms. The molecule has 1 atom stereocenters. The van der Waals surface area contributed by atoms with E-state index in [4.69, 9.17) is 0 Å². The van der Waals surface area contributed by atoms with Crippen LogP contribution in [0.15, 0.2) is 29.2 Å². The predicted molar refractivity (Wildman–Crippen MR) is 86.4 cm³/mol. The van der Waals surface area contributed by atoms with Crippen LogP contribution in [0.3, 0.4) is 0 Å². The van der Waals surface area contributed by atoms with Crippen LogP contribution in [-0.4, -0.2) is 24.1 Å². The van der Waals surface area contributed by atoms with E-state index in [-0.39, 0.29) is 17.7 Å². The van der Waals surface area contributed by atoms with E-state index in [1.807, 2.05) is 30.5 Å². The smallest absolute Gasteiger partial charge is 0.247 e. The van der Waals surface area contributed by atoms with Gasteiger partial charge in [-0.3, -0.25) is 9.59 Å². The molecule has 2 rings (SSSR count). The molecular weight excluding hydrogens is 284 g/mol. The van der Waals surface area contributed by atoms with E-state index in [2.05, 4.69) is 10.6 Å². The number of nitrogens with one attached hydrogen (secondary N) is 2. The van der Waals surface area contributed by atoms with E-state index < -0.39 is 6.04 Å². The van der Waals surface area contributed by atoms with Crippen molar-refractivity contribution in [2.45, 2.75) is 43.5 Å². The van der Waals surface area contributed by atoms with Gasteiger partial charge in [-0.1, -0.05) is 25.0 Å². The second-order valence-electron chi connectivity index (χ2n) is 5.41. The normalized spacial score (nSPS) is 16.5. The van der Waals surface area contributed by atoms with Gasteiger partial charge in [-0.15, -0.1) is 11.8 Å². The number of carbonyl (C=O) groups is 2. The summed E-state index contributed by atoms with van der Waals surface area (Å²) in [4.78, 5) is 25.0. The highest BCUT2D eigenvalue weighted by Crippen LogP contribution is 2.29. The molecule has 2 amide bonds. The highest BCUT2D eigenvalue weighted by molar-refractivity contribution is 7.98. The van der Waals surface area contributed by atoms with Crippen molar-refractivity contribution >= 4 is 29.3 Å². The molecule has 0 unspecified atom stereocenters. The number of carbonyl (C=O) groups excluding carboxylic acids is 2. The molecule has 4 nitrogen and oxygen atoms in total. The van der Waals surface area contributed by atoms with Gasteiger partial charge in [-0.2, -0.15) is 0 Å². The summed E-state index contributed by atoms with van der Waals surface area (Å²) in [7, 11) is 0. The third kappa shape index (κ3) is 4.24. The first-order valence-electron chi connectivity index (χ1n) is 7.33. The molecule has 1 aromatic carbocycles. The van der Waals surface area contributed by atoms with Gasteiger partial charge in [0.2, 0.25) is 11.8 Å². The first-order chi connectivity index (χ1) is 10.1. The van der Waals surface area contributed by atoms with Crippen molar-refractivity contribution in [2.75, 3.05) is 11.6 Å². The van der Waals surface area contributed by atoms with Gasteiger partial charge in [0.15, 0.2) is 0 Å². The zero-order chi connectivity index (χ0) is 15.2. The molecule has 2 N–H and O–H groups in total. The van der Waals surface area contributed by atoms with Gasteiger partial charge in [0.1, 0.15) is 6.04 Å². The number of hydrogen-bond acceptors (Lipinski definition) is 3. The Labute approximate surface area is 130 Å². The number of hydrogen-bond donors (Lipinski definition) is 2. The van der Waals surface area contributed by atoms with Crippen molar-refractivity contribution < 1.29 is 9.59 Å². The maximum absolute atomic E-state index is 12.6. The van der Waals surface area contributed by atoms with Crippen LogP contribution < -0.4 is 10.6 Å². The Balaban J connectivity index is 2.12. The number of amides is 2. The van der Waals surface area contributed by atoms with E-state index in [0.717, 1.165) is 36.3 Å². The molecular formula is C16H22N2O2S. The van der Waals surface area contributed by atoms with Gasteiger partial charge >= 0.3 is 0 Å². The van der Waals surface area contributed by atoms with Crippen LogP contribution in [0.5, 0.6) is 0 Å². The summed E-state index contributed by atoms with van der Waals surface area (Å²) in [6, 6.07) is 7.29. The molecule has 0 bridgehead atoms. The second-order valence-corrected chi connectivity index (χ2v) is 6.26. The standard InChI is InChI=1S/C16H22N2O2S/c1-11(19)17-15(12-7-3-4-8-12)16(20)18-13-9-5-6-10-14(13)21-2/h5-6,9-10,12,15H,3-4,7-8H2,1-2H3,(H,17,19)(H,18,20)/t15-/m1/s1. The van der Waals surface area contributed by atoms with Crippen molar-refractivity contribution in [3.05, 3.63) is 24.3 Å². The fourth-order valence-electron chi connectivity index (χ4n) is 2.87. The molecule has 0 aliphatic heterocycles. The fraction of sp³-hybridized carbons (Fsp3) is 0.500. The molecule has 114 valence electrons. The van der Waals surface area contributed by atoms with E-state index in [0.29, 0.717) is 0 Å². The number of thioether (sulfide) groups is 1. The topological polar surface area (TPSA) is 58.2 Å². The molecule has 5 heteroatoms. The minimum atomic E-state index is -0.431. The van der Waals surface area contributed by atoms with Crippen molar-refractivity contribution in [2.24, 2.45) is 5.92 Å². The van der Waals surface area contributed by atoms with Gasteiger partial charge in [-0.25, -0.2) is 0 Å². The second kappa shape index (κ2) is 7.50. The minimum absolute atomic E-state index is 0.112. The Morgan fingerprint density at radius 3 is 2.52 bits per heavy atom. The lowest BCUT2D eigenvalue weighted by molar-refractivity contribution is -0.126. The van der Waals surface area contributed by atoms with Crippen molar-refractivity contribution in [3.8, 4) is 0 Å². The fourth-order valence-corrected chi connectivity index (χ4v) is 3.42. The number of para-hydroxylation sites is 1. The average molecular weight is 306 g/mol. The van der Waals surface area contributed by atoms with Crippen molar-refractivity contribution in [3.63, 3.8) is 0 Å². The molecule has 0 radical (unpaired) electrons. The van der Waals surface area contributed by atoms with Crippen molar-refractivity contribution in [1.29, 1.82) is 0 Å². The minimum Gasteiger partial charge on any atom is -0.344 e. The third-order valence-electron chi connectivity index (χ3n) is 3.88. The van der Waals surface area contributed by atoms with Gasteiger partial charge in [-0.05, 0) is 37.1 Å². The van der Waals surface area contributed by atoms with Crippen LogP contribution in [0.2, 0.25) is 0 Å². The first kappa shape index (κ1) is 15.9. The summed E-state index contributed by atoms with van der Waals surface area (Å²) < 4.78 is 0. The highest BCUT2D eigenvalue weighted by Gasteiger charge is 2.31. The van der Waals surface area contributed by atoms with E-state index in [1.54, 1.807) is 11.8 Å². The molecule has 0 heterocycles. The lowest BCUT2D eigenvalue weighted by Crippen LogP contribution is -2.47. The molecule has 0 saturated heterocycles. The Hall–Kier alpha value is -1.49. The molecule has 1 aliphatic carbocycles. The summed E-state index contributed by atoms with van der Waals surface area (Å²) in [5.41, 5.74) is 0.809. The summed E-state index contributed by atoms with van der Waals surface area (Å²) in [6.07, 6.45) is 6.25. The molecule has 1 aromatic rings. The van der Waals surface area contributed by atoms with Crippen molar-refractivity contribution in [1.82, 2.24) is 5.32 Å². The molecule has 1 aliphatic rings. The summed E-state index contributed by atoms with van der Waals surface area (Å²) in [5.74, 6) is -0.0193. The highest BCUT2D eigenvalue weighted by atomic mass is 32.2. The van der Waals surface area contributed by atoms with Crippen LogP contribution in [0, 0.1) is 5.92 Å². The zero-order valence-corrected chi connectivity index (χ0v) is 13.3. The maximum atomic E-state index is 12.6. The summed E-state index contributed by atoms with van der Waals surface area (Å²) in [5, 5.41) is 5.79. The maximum Gasteiger partial charge on any atom is 0.247 e. The molecule has 21 heavy (non-hydrogen) atoms. The van der Waals surface area contributed by atoms with Crippen LogP contribution in [0.25, 0.3) is 0 Å². The Morgan fingerprint density at radius 2 is 1.90 bits per heavy atom. The van der Waals surface area contributed by atoms with E-state index >= 15 is 0 Å².